The van der Waals surface area contributed by atoms with Crippen molar-refractivity contribution >= 4 is 6.09 Å². The second-order valence-electron chi connectivity index (χ2n) is 7.18. The van der Waals surface area contributed by atoms with E-state index in [-0.39, 0.29) is 6.09 Å². The van der Waals surface area contributed by atoms with Crippen LogP contribution in [0.1, 0.15) is 34.6 Å². The zero-order valence-electron chi connectivity index (χ0n) is 13.9. The van der Waals surface area contributed by atoms with Crippen molar-refractivity contribution in [2.45, 2.75) is 46.3 Å². The quantitative estimate of drug-likeness (QED) is 0.808. The van der Waals surface area contributed by atoms with Crippen molar-refractivity contribution < 1.29 is 9.53 Å². The monoisotopic (exact) mass is 285 g/mol. The molecule has 1 fully saturated rings. The summed E-state index contributed by atoms with van der Waals surface area (Å²) >= 11 is 0. The smallest absolute Gasteiger partial charge is 0.407 e. The van der Waals surface area contributed by atoms with Crippen LogP contribution < -0.4 is 5.32 Å². The predicted octanol–water partition coefficient (Wildman–Crippen LogP) is 1.78. The highest BCUT2D eigenvalue weighted by Crippen LogP contribution is 2.14. The summed E-state index contributed by atoms with van der Waals surface area (Å²) in [7, 11) is 2.20. The number of carbonyl (C=O) groups excluding carboxylic acids is 1. The highest BCUT2D eigenvalue weighted by molar-refractivity contribution is 5.67. The van der Waals surface area contributed by atoms with Crippen LogP contribution in [0.2, 0.25) is 0 Å². The molecule has 1 amide bonds. The Morgan fingerprint density at radius 3 is 2.50 bits per heavy atom. The zero-order chi connectivity index (χ0) is 15.3. The molecule has 1 N–H and O–H groups in total. The number of hydrogen-bond acceptors (Lipinski definition) is 4. The summed E-state index contributed by atoms with van der Waals surface area (Å²) < 4.78 is 5.20. The molecule has 5 heteroatoms. The fraction of sp³-hybridized carbons (Fsp3) is 0.933. The van der Waals surface area contributed by atoms with Gasteiger partial charge in [0.1, 0.15) is 5.60 Å². The van der Waals surface area contributed by atoms with Gasteiger partial charge in [-0.15, -0.1) is 0 Å². The van der Waals surface area contributed by atoms with E-state index in [0.717, 1.165) is 26.2 Å². The van der Waals surface area contributed by atoms with E-state index in [1.807, 2.05) is 20.8 Å². The minimum atomic E-state index is -0.425. The van der Waals surface area contributed by atoms with Gasteiger partial charge in [0, 0.05) is 38.8 Å². The summed E-state index contributed by atoms with van der Waals surface area (Å²) in [6, 6.07) is 0.666. The summed E-state index contributed by atoms with van der Waals surface area (Å²) in [5.74, 6) is 0.711. The third kappa shape index (κ3) is 6.57. The molecule has 0 bridgehead atoms. The average Bonchev–Trinajstić information content (AvgIpc) is 2.17. The highest BCUT2D eigenvalue weighted by Gasteiger charge is 2.29. The van der Waals surface area contributed by atoms with Crippen molar-refractivity contribution in [3.05, 3.63) is 0 Å². The van der Waals surface area contributed by atoms with Gasteiger partial charge in [-0.2, -0.15) is 0 Å². The minimum absolute atomic E-state index is 0.327. The Hall–Kier alpha value is -0.810. The molecule has 0 atom stereocenters. The first-order valence-electron chi connectivity index (χ1n) is 7.57. The maximum absolute atomic E-state index is 11.5. The van der Waals surface area contributed by atoms with Crippen LogP contribution in [0.25, 0.3) is 0 Å². The van der Waals surface area contributed by atoms with Crippen LogP contribution in [0, 0.1) is 5.92 Å². The molecule has 0 saturated carbocycles. The van der Waals surface area contributed by atoms with Crippen molar-refractivity contribution in [2.24, 2.45) is 5.92 Å². The minimum Gasteiger partial charge on any atom is -0.444 e. The number of likely N-dealkylation sites (N-methyl/N-ethyl adjacent to an activating group) is 1. The first-order valence-corrected chi connectivity index (χ1v) is 7.57. The van der Waals surface area contributed by atoms with Crippen molar-refractivity contribution in [2.75, 3.05) is 39.8 Å². The number of likely N-dealkylation sites (tertiary alicyclic amines) is 1. The molecule has 0 spiro atoms. The number of amides is 1. The second-order valence-corrected chi connectivity index (χ2v) is 7.18. The standard InChI is InChI=1S/C15H31N3O2/c1-12(2)9-17(6)13-10-18(11-13)8-7-16-14(19)20-15(3,4)5/h12-13H,7-11H2,1-6H3,(H,16,19). The largest absolute Gasteiger partial charge is 0.444 e. The van der Waals surface area contributed by atoms with E-state index in [1.54, 1.807) is 0 Å². The molecule has 0 aromatic rings. The Labute approximate surface area is 123 Å². The molecule has 5 nitrogen and oxygen atoms in total. The van der Waals surface area contributed by atoms with Crippen molar-refractivity contribution in [1.82, 2.24) is 15.1 Å². The first kappa shape index (κ1) is 17.2. The molecule has 0 radical (unpaired) electrons. The summed E-state index contributed by atoms with van der Waals surface area (Å²) in [4.78, 5) is 16.3. The topological polar surface area (TPSA) is 44.8 Å². The maximum Gasteiger partial charge on any atom is 0.407 e. The lowest BCUT2D eigenvalue weighted by molar-refractivity contribution is 0.0382. The number of ether oxygens (including phenoxy) is 1. The number of nitrogens with zero attached hydrogens (tertiary/aromatic N) is 2. The number of alkyl carbamates (subject to hydrolysis) is 1. The molecular formula is C15H31N3O2. The lowest BCUT2D eigenvalue weighted by Crippen LogP contribution is -2.59. The van der Waals surface area contributed by atoms with Crippen LogP contribution in [-0.4, -0.2) is 67.3 Å². The van der Waals surface area contributed by atoms with Crippen LogP contribution in [0.4, 0.5) is 4.79 Å². The van der Waals surface area contributed by atoms with Gasteiger partial charge >= 0.3 is 6.09 Å². The Balaban J connectivity index is 2.08. The van der Waals surface area contributed by atoms with Gasteiger partial charge in [0.15, 0.2) is 0 Å². The number of nitrogens with one attached hydrogen (secondary N) is 1. The van der Waals surface area contributed by atoms with Crippen molar-refractivity contribution in [1.29, 1.82) is 0 Å². The number of carbonyl (C=O) groups is 1. The average molecular weight is 285 g/mol. The molecule has 0 aromatic carbocycles. The van der Waals surface area contributed by atoms with Crippen LogP contribution in [0.3, 0.4) is 0 Å². The van der Waals surface area contributed by atoms with Gasteiger partial charge in [-0.25, -0.2) is 4.79 Å². The van der Waals surface area contributed by atoms with E-state index in [1.165, 1.54) is 0 Å². The molecule has 1 rings (SSSR count). The van der Waals surface area contributed by atoms with Crippen LogP contribution in [0.15, 0.2) is 0 Å². The van der Waals surface area contributed by atoms with Crippen LogP contribution in [0.5, 0.6) is 0 Å². The number of hydrogen-bond donors (Lipinski definition) is 1. The van der Waals surface area contributed by atoms with E-state index in [9.17, 15) is 4.79 Å². The van der Waals surface area contributed by atoms with Gasteiger partial charge in [0.05, 0.1) is 0 Å². The lowest BCUT2D eigenvalue weighted by Gasteiger charge is -2.44. The summed E-state index contributed by atoms with van der Waals surface area (Å²) in [6.45, 7) is 15.0. The van der Waals surface area contributed by atoms with Crippen LogP contribution in [-0.2, 0) is 4.74 Å². The third-order valence-corrected chi connectivity index (χ3v) is 3.31. The molecule has 0 unspecified atom stereocenters. The van der Waals surface area contributed by atoms with E-state index in [4.69, 9.17) is 4.74 Å². The molecule has 20 heavy (non-hydrogen) atoms. The maximum atomic E-state index is 11.5. The molecule has 1 aliphatic heterocycles. The summed E-state index contributed by atoms with van der Waals surface area (Å²) in [5, 5.41) is 2.80. The van der Waals surface area contributed by atoms with E-state index >= 15 is 0 Å². The van der Waals surface area contributed by atoms with Gasteiger partial charge < -0.3 is 15.0 Å². The van der Waals surface area contributed by atoms with Crippen molar-refractivity contribution in [3.8, 4) is 0 Å². The predicted molar refractivity (Wildman–Crippen MR) is 81.9 cm³/mol. The Kier molecular flexibility index (Phi) is 6.27. The van der Waals surface area contributed by atoms with E-state index < -0.39 is 5.60 Å². The molecule has 0 aromatic heterocycles. The van der Waals surface area contributed by atoms with Gasteiger partial charge in [0.2, 0.25) is 0 Å². The normalized spacial score (nSPS) is 17.4. The molecule has 118 valence electrons. The third-order valence-electron chi connectivity index (χ3n) is 3.31. The molecule has 1 aliphatic rings. The van der Waals surface area contributed by atoms with Crippen molar-refractivity contribution in [3.63, 3.8) is 0 Å². The van der Waals surface area contributed by atoms with E-state index in [2.05, 4.69) is 36.0 Å². The molecular weight excluding hydrogens is 254 g/mol. The van der Waals surface area contributed by atoms with E-state index in [0.29, 0.717) is 18.5 Å². The second kappa shape index (κ2) is 7.27. The Bertz CT molecular complexity index is 307. The Morgan fingerprint density at radius 1 is 1.40 bits per heavy atom. The van der Waals surface area contributed by atoms with Gasteiger partial charge in [-0.1, -0.05) is 13.8 Å². The zero-order valence-corrected chi connectivity index (χ0v) is 13.9. The fourth-order valence-corrected chi connectivity index (χ4v) is 2.36. The van der Waals surface area contributed by atoms with Gasteiger partial charge in [0.25, 0.3) is 0 Å². The lowest BCUT2D eigenvalue weighted by atomic mass is 10.1. The summed E-state index contributed by atoms with van der Waals surface area (Å²) in [5.41, 5.74) is -0.425. The molecule has 0 aliphatic carbocycles. The highest BCUT2D eigenvalue weighted by atomic mass is 16.6. The fourth-order valence-electron chi connectivity index (χ4n) is 2.36. The molecule has 1 saturated heterocycles. The first-order chi connectivity index (χ1) is 9.17. The van der Waals surface area contributed by atoms with Crippen LogP contribution >= 0.6 is 0 Å². The summed E-state index contributed by atoms with van der Waals surface area (Å²) in [6.07, 6.45) is -0.327. The van der Waals surface area contributed by atoms with Gasteiger partial charge in [-0.3, -0.25) is 4.90 Å². The van der Waals surface area contributed by atoms with Gasteiger partial charge in [-0.05, 0) is 33.7 Å². The Morgan fingerprint density at radius 2 is 2.00 bits per heavy atom. The SMILES string of the molecule is CC(C)CN(C)C1CN(CCNC(=O)OC(C)(C)C)C1. The molecule has 1 heterocycles. The number of rotatable bonds is 6.